The molecule has 0 saturated heterocycles. The lowest BCUT2D eigenvalue weighted by molar-refractivity contribution is 0.100. The SMILES string of the molecule is NC(=O)c1c(NC(=O)c2ccc(-n3cnnn3)cc2)sc2c1CCCC2. The molecule has 1 aliphatic carbocycles. The number of thiophene rings is 1. The third kappa shape index (κ3) is 2.97. The Hall–Kier alpha value is -3.07. The Morgan fingerprint density at radius 3 is 2.62 bits per heavy atom. The number of nitrogens with two attached hydrogens (primary N) is 1. The van der Waals surface area contributed by atoms with Crippen LogP contribution in [0.5, 0.6) is 0 Å². The van der Waals surface area contributed by atoms with Gasteiger partial charge in [-0.3, -0.25) is 9.59 Å². The summed E-state index contributed by atoms with van der Waals surface area (Å²) in [6.07, 6.45) is 5.37. The van der Waals surface area contributed by atoms with Crippen LogP contribution in [-0.2, 0) is 12.8 Å². The van der Waals surface area contributed by atoms with Crippen molar-refractivity contribution in [2.45, 2.75) is 25.7 Å². The largest absolute Gasteiger partial charge is 0.365 e. The summed E-state index contributed by atoms with van der Waals surface area (Å²) in [6, 6.07) is 6.87. The maximum absolute atomic E-state index is 12.6. The predicted octanol–water partition coefficient (Wildman–Crippen LogP) is 1.95. The highest BCUT2D eigenvalue weighted by Crippen LogP contribution is 2.38. The minimum atomic E-state index is -0.492. The number of carbonyl (C=O) groups is 2. The number of primary amides is 1. The Balaban J connectivity index is 1.58. The fraction of sp³-hybridized carbons (Fsp3) is 0.235. The van der Waals surface area contributed by atoms with Crippen LogP contribution in [0.3, 0.4) is 0 Å². The van der Waals surface area contributed by atoms with E-state index in [0.717, 1.165) is 41.8 Å². The van der Waals surface area contributed by atoms with Crippen molar-refractivity contribution in [2.24, 2.45) is 5.73 Å². The van der Waals surface area contributed by atoms with Gasteiger partial charge in [-0.1, -0.05) is 0 Å². The zero-order valence-electron chi connectivity index (χ0n) is 13.8. The van der Waals surface area contributed by atoms with Crippen LogP contribution >= 0.6 is 11.3 Å². The monoisotopic (exact) mass is 368 g/mol. The zero-order chi connectivity index (χ0) is 18.1. The van der Waals surface area contributed by atoms with Gasteiger partial charge in [0, 0.05) is 10.4 Å². The Morgan fingerprint density at radius 1 is 1.15 bits per heavy atom. The topological polar surface area (TPSA) is 116 Å². The van der Waals surface area contributed by atoms with Crippen LogP contribution in [0.15, 0.2) is 30.6 Å². The first kappa shape index (κ1) is 16.4. The molecule has 9 heteroatoms. The number of fused-ring (bicyclic) bond motifs is 1. The average molecular weight is 368 g/mol. The van der Waals surface area contributed by atoms with Gasteiger partial charge in [0.2, 0.25) is 0 Å². The number of hydrogen-bond acceptors (Lipinski definition) is 6. The van der Waals surface area contributed by atoms with Crippen molar-refractivity contribution in [3.05, 3.63) is 52.2 Å². The highest BCUT2D eigenvalue weighted by Gasteiger charge is 2.25. The first-order valence-electron chi connectivity index (χ1n) is 8.22. The van der Waals surface area contributed by atoms with E-state index in [9.17, 15) is 9.59 Å². The molecule has 0 saturated carbocycles. The summed E-state index contributed by atoms with van der Waals surface area (Å²) in [5.74, 6) is -0.775. The van der Waals surface area contributed by atoms with E-state index in [-0.39, 0.29) is 5.91 Å². The Kier molecular flexibility index (Phi) is 4.21. The van der Waals surface area contributed by atoms with E-state index in [2.05, 4.69) is 20.8 Å². The lowest BCUT2D eigenvalue weighted by Gasteiger charge is -2.11. The number of hydrogen-bond donors (Lipinski definition) is 2. The van der Waals surface area contributed by atoms with Crippen molar-refractivity contribution in [3.8, 4) is 5.69 Å². The van der Waals surface area contributed by atoms with Crippen molar-refractivity contribution < 1.29 is 9.59 Å². The summed E-state index contributed by atoms with van der Waals surface area (Å²) in [4.78, 5) is 25.6. The number of carbonyl (C=O) groups excluding carboxylic acids is 2. The van der Waals surface area contributed by atoms with E-state index >= 15 is 0 Å². The maximum atomic E-state index is 12.6. The molecule has 0 bridgehead atoms. The first-order chi connectivity index (χ1) is 12.6. The summed E-state index contributed by atoms with van der Waals surface area (Å²) in [6.45, 7) is 0. The molecule has 0 fully saturated rings. The fourth-order valence-corrected chi connectivity index (χ4v) is 4.42. The number of aryl methyl sites for hydroxylation is 1. The van der Waals surface area contributed by atoms with Crippen molar-refractivity contribution in [2.75, 3.05) is 5.32 Å². The molecule has 1 aliphatic rings. The Bertz CT molecular complexity index is 962. The number of aromatic nitrogens is 4. The van der Waals surface area contributed by atoms with Gasteiger partial charge in [0.1, 0.15) is 11.3 Å². The van der Waals surface area contributed by atoms with Crippen molar-refractivity contribution >= 4 is 28.2 Å². The zero-order valence-corrected chi connectivity index (χ0v) is 14.6. The minimum Gasteiger partial charge on any atom is -0.365 e. The second kappa shape index (κ2) is 6.68. The molecule has 132 valence electrons. The molecule has 2 amide bonds. The van der Waals surface area contributed by atoms with Crippen LogP contribution in [0, 0.1) is 0 Å². The molecular formula is C17H16N6O2S. The molecule has 2 heterocycles. The number of benzene rings is 1. The van der Waals surface area contributed by atoms with Gasteiger partial charge >= 0.3 is 0 Å². The normalized spacial score (nSPS) is 13.2. The van der Waals surface area contributed by atoms with Gasteiger partial charge in [0.15, 0.2) is 0 Å². The van der Waals surface area contributed by atoms with Crippen LogP contribution in [0.1, 0.15) is 44.0 Å². The van der Waals surface area contributed by atoms with Crippen LogP contribution in [0.2, 0.25) is 0 Å². The molecule has 4 rings (SSSR count). The molecule has 1 aromatic carbocycles. The Morgan fingerprint density at radius 2 is 1.92 bits per heavy atom. The number of anilines is 1. The van der Waals surface area contributed by atoms with Gasteiger partial charge in [0.25, 0.3) is 11.8 Å². The molecule has 2 aromatic heterocycles. The number of amides is 2. The van der Waals surface area contributed by atoms with Gasteiger partial charge < -0.3 is 11.1 Å². The molecule has 0 atom stereocenters. The van der Waals surface area contributed by atoms with E-state index in [4.69, 9.17) is 5.73 Å². The number of nitrogens with one attached hydrogen (secondary N) is 1. The number of rotatable bonds is 4. The molecule has 3 aromatic rings. The van der Waals surface area contributed by atoms with Crippen molar-refractivity contribution in [1.82, 2.24) is 20.2 Å². The van der Waals surface area contributed by atoms with Crippen LogP contribution in [0.25, 0.3) is 5.69 Å². The molecule has 0 aliphatic heterocycles. The second-order valence-electron chi connectivity index (χ2n) is 6.03. The van der Waals surface area contributed by atoms with Crippen LogP contribution in [-0.4, -0.2) is 32.0 Å². The quantitative estimate of drug-likeness (QED) is 0.730. The number of tetrazole rings is 1. The summed E-state index contributed by atoms with van der Waals surface area (Å²) in [5.41, 5.74) is 8.25. The Labute approximate surface area is 153 Å². The number of nitrogens with zero attached hydrogens (tertiary/aromatic N) is 4. The second-order valence-corrected chi connectivity index (χ2v) is 7.14. The highest BCUT2D eigenvalue weighted by molar-refractivity contribution is 7.17. The van der Waals surface area contributed by atoms with E-state index < -0.39 is 5.91 Å². The van der Waals surface area contributed by atoms with Gasteiger partial charge in [-0.15, -0.1) is 16.4 Å². The van der Waals surface area contributed by atoms with E-state index in [0.29, 0.717) is 16.1 Å². The lowest BCUT2D eigenvalue weighted by atomic mass is 9.95. The van der Waals surface area contributed by atoms with Gasteiger partial charge in [0.05, 0.1) is 11.3 Å². The molecule has 3 N–H and O–H groups in total. The molecule has 0 radical (unpaired) electrons. The smallest absolute Gasteiger partial charge is 0.256 e. The van der Waals surface area contributed by atoms with E-state index in [1.807, 2.05) is 0 Å². The van der Waals surface area contributed by atoms with Crippen LogP contribution < -0.4 is 11.1 Å². The van der Waals surface area contributed by atoms with E-state index in [1.165, 1.54) is 22.3 Å². The third-order valence-corrected chi connectivity index (χ3v) is 5.60. The summed E-state index contributed by atoms with van der Waals surface area (Å²) in [5, 5.41) is 14.4. The molecule has 26 heavy (non-hydrogen) atoms. The lowest BCUT2D eigenvalue weighted by Crippen LogP contribution is -2.18. The molecule has 0 unspecified atom stereocenters. The summed E-state index contributed by atoms with van der Waals surface area (Å²) >= 11 is 1.45. The van der Waals surface area contributed by atoms with Gasteiger partial charge in [-0.05, 0) is 65.9 Å². The summed E-state index contributed by atoms with van der Waals surface area (Å²) < 4.78 is 1.50. The fourth-order valence-electron chi connectivity index (χ4n) is 3.14. The molecule has 0 spiro atoms. The van der Waals surface area contributed by atoms with Crippen LogP contribution in [0.4, 0.5) is 5.00 Å². The maximum Gasteiger partial charge on any atom is 0.256 e. The standard InChI is InChI=1S/C17H16N6O2S/c18-15(24)14-12-3-1-2-4-13(12)26-17(14)20-16(25)10-5-7-11(8-6-10)23-9-19-21-22-23/h5-9H,1-4H2,(H2,18,24)(H,20,25). The average Bonchev–Trinajstić information content (AvgIpc) is 3.29. The van der Waals surface area contributed by atoms with E-state index in [1.54, 1.807) is 24.3 Å². The third-order valence-electron chi connectivity index (χ3n) is 4.39. The predicted molar refractivity (Wildman–Crippen MR) is 96.6 cm³/mol. The first-order valence-corrected chi connectivity index (χ1v) is 9.04. The van der Waals surface area contributed by atoms with Gasteiger partial charge in [-0.2, -0.15) is 0 Å². The molecule has 8 nitrogen and oxygen atoms in total. The summed E-state index contributed by atoms with van der Waals surface area (Å²) in [7, 11) is 0. The van der Waals surface area contributed by atoms with Gasteiger partial charge in [-0.25, -0.2) is 4.68 Å². The highest BCUT2D eigenvalue weighted by atomic mass is 32.1. The van der Waals surface area contributed by atoms with Crippen molar-refractivity contribution in [3.63, 3.8) is 0 Å². The minimum absolute atomic E-state index is 0.283. The molecular weight excluding hydrogens is 352 g/mol. The van der Waals surface area contributed by atoms with Crippen molar-refractivity contribution in [1.29, 1.82) is 0 Å².